The van der Waals surface area contributed by atoms with Crippen LogP contribution in [0.5, 0.6) is 11.5 Å². The number of ether oxygens (including phenoxy) is 2. The molecular formula is C18H29ClN2O3. The van der Waals surface area contributed by atoms with Crippen LogP contribution in [0.1, 0.15) is 38.8 Å². The third-order valence-corrected chi connectivity index (χ3v) is 4.15. The van der Waals surface area contributed by atoms with Crippen LogP contribution in [0.2, 0.25) is 0 Å². The van der Waals surface area contributed by atoms with E-state index in [-0.39, 0.29) is 30.3 Å². The Bertz CT molecular complexity index is 533. The van der Waals surface area contributed by atoms with Crippen molar-refractivity contribution in [2.45, 2.75) is 33.2 Å². The molecule has 0 aliphatic carbocycles. The molecule has 24 heavy (non-hydrogen) atoms. The summed E-state index contributed by atoms with van der Waals surface area (Å²) in [4.78, 5) is 12.0. The molecule has 1 saturated heterocycles. The van der Waals surface area contributed by atoms with E-state index in [4.69, 9.17) is 9.47 Å². The molecule has 5 nitrogen and oxygen atoms in total. The molecule has 0 radical (unpaired) electrons. The average Bonchev–Trinajstić information content (AvgIpc) is 2.45. The molecule has 1 aromatic carbocycles. The average molecular weight is 357 g/mol. The van der Waals surface area contributed by atoms with Crippen molar-refractivity contribution >= 4 is 18.3 Å². The highest BCUT2D eigenvalue weighted by molar-refractivity contribution is 5.85. The van der Waals surface area contributed by atoms with E-state index in [1.54, 1.807) is 7.11 Å². The maximum absolute atomic E-state index is 12.0. The fourth-order valence-corrected chi connectivity index (χ4v) is 2.37. The van der Waals surface area contributed by atoms with E-state index < -0.39 is 0 Å². The van der Waals surface area contributed by atoms with Gasteiger partial charge in [0.25, 0.3) is 0 Å². The first-order valence-corrected chi connectivity index (χ1v) is 8.33. The van der Waals surface area contributed by atoms with Gasteiger partial charge in [0.15, 0.2) is 11.5 Å². The Balaban J connectivity index is 0.00000288. The minimum absolute atomic E-state index is 0. The van der Waals surface area contributed by atoms with E-state index in [1.807, 2.05) is 25.1 Å². The molecule has 0 spiro atoms. The zero-order valence-corrected chi connectivity index (χ0v) is 15.7. The largest absolute Gasteiger partial charge is 0.493 e. The number of hydrogen-bond donors (Lipinski definition) is 2. The lowest BCUT2D eigenvalue weighted by Crippen LogP contribution is -2.51. The summed E-state index contributed by atoms with van der Waals surface area (Å²) in [6.07, 6.45) is 1.01. The monoisotopic (exact) mass is 356 g/mol. The summed E-state index contributed by atoms with van der Waals surface area (Å²) in [5.74, 6) is 2.26. The van der Waals surface area contributed by atoms with Gasteiger partial charge in [0.1, 0.15) is 0 Å². The highest BCUT2D eigenvalue weighted by Gasteiger charge is 2.26. The van der Waals surface area contributed by atoms with E-state index in [0.29, 0.717) is 18.3 Å². The highest BCUT2D eigenvalue weighted by Crippen LogP contribution is 2.30. The molecular weight excluding hydrogens is 328 g/mol. The lowest BCUT2D eigenvalue weighted by Gasteiger charge is -2.27. The highest BCUT2D eigenvalue weighted by atomic mass is 35.5. The number of amides is 1. The lowest BCUT2D eigenvalue weighted by molar-refractivity contribution is -0.127. The first-order chi connectivity index (χ1) is 11.0. The Morgan fingerprint density at radius 2 is 2.00 bits per heavy atom. The van der Waals surface area contributed by atoms with Gasteiger partial charge in [0, 0.05) is 13.1 Å². The van der Waals surface area contributed by atoms with E-state index >= 15 is 0 Å². The number of halogens is 1. The molecule has 0 saturated carbocycles. The lowest BCUT2D eigenvalue weighted by atomic mass is 10.0. The third-order valence-electron chi connectivity index (χ3n) is 4.15. The molecule has 0 aromatic heterocycles. The van der Waals surface area contributed by atoms with Crippen LogP contribution < -0.4 is 20.1 Å². The summed E-state index contributed by atoms with van der Waals surface area (Å²) < 4.78 is 11.2. The summed E-state index contributed by atoms with van der Waals surface area (Å²) >= 11 is 0. The minimum Gasteiger partial charge on any atom is -0.493 e. The molecule has 1 atom stereocenters. The van der Waals surface area contributed by atoms with Crippen molar-refractivity contribution in [2.75, 3.05) is 26.8 Å². The normalized spacial score (nSPS) is 15.2. The molecule has 1 amide bonds. The topological polar surface area (TPSA) is 59.6 Å². The standard InChI is InChI=1S/C18H28N2O3.ClH/c1-12(2)7-8-23-16-6-5-14(9-17(16)22-4)13(3)20-18(21)15-10-19-11-15;/h5-6,9,12-13,15,19H,7-8,10-11H2,1-4H3,(H,20,21);1H. The van der Waals surface area contributed by atoms with Gasteiger partial charge in [-0.1, -0.05) is 19.9 Å². The van der Waals surface area contributed by atoms with Gasteiger partial charge in [-0.15, -0.1) is 12.4 Å². The molecule has 2 rings (SSSR count). The molecule has 1 aliphatic rings. The van der Waals surface area contributed by atoms with Crippen molar-refractivity contribution in [3.63, 3.8) is 0 Å². The number of carbonyl (C=O) groups is 1. The van der Waals surface area contributed by atoms with Crippen molar-refractivity contribution in [1.82, 2.24) is 10.6 Å². The van der Waals surface area contributed by atoms with Crippen molar-refractivity contribution in [3.05, 3.63) is 23.8 Å². The molecule has 1 unspecified atom stereocenters. The van der Waals surface area contributed by atoms with Gasteiger partial charge in [-0.3, -0.25) is 4.79 Å². The number of carbonyl (C=O) groups excluding carboxylic acids is 1. The predicted octanol–water partition coefficient (Wildman–Crippen LogP) is 2.94. The first kappa shape index (κ1) is 20.6. The molecule has 1 fully saturated rings. The van der Waals surface area contributed by atoms with Crippen LogP contribution in [-0.2, 0) is 4.79 Å². The second-order valence-corrected chi connectivity index (χ2v) is 6.53. The molecule has 1 heterocycles. The van der Waals surface area contributed by atoms with Crippen LogP contribution >= 0.6 is 12.4 Å². The zero-order chi connectivity index (χ0) is 16.8. The van der Waals surface area contributed by atoms with Crippen LogP contribution in [0.3, 0.4) is 0 Å². The van der Waals surface area contributed by atoms with Crippen LogP contribution in [0.4, 0.5) is 0 Å². The maximum atomic E-state index is 12.0. The van der Waals surface area contributed by atoms with Gasteiger partial charge >= 0.3 is 0 Å². The summed E-state index contributed by atoms with van der Waals surface area (Å²) in [6, 6.07) is 5.79. The Morgan fingerprint density at radius 3 is 2.54 bits per heavy atom. The summed E-state index contributed by atoms with van der Waals surface area (Å²) in [5.41, 5.74) is 1.01. The van der Waals surface area contributed by atoms with E-state index in [9.17, 15) is 4.79 Å². The molecule has 136 valence electrons. The van der Waals surface area contributed by atoms with Crippen molar-refractivity contribution in [1.29, 1.82) is 0 Å². The Morgan fingerprint density at radius 1 is 1.29 bits per heavy atom. The fourth-order valence-electron chi connectivity index (χ4n) is 2.37. The Hall–Kier alpha value is -1.46. The van der Waals surface area contributed by atoms with Crippen LogP contribution in [0.25, 0.3) is 0 Å². The number of methoxy groups -OCH3 is 1. The Kier molecular flexibility index (Phi) is 8.36. The van der Waals surface area contributed by atoms with Crippen molar-refractivity contribution < 1.29 is 14.3 Å². The quantitative estimate of drug-likeness (QED) is 0.751. The summed E-state index contributed by atoms with van der Waals surface area (Å²) in [5, 5.41) is 6.16. The summed E-state index contributed by atoms with van der Waals surface area (Å²) in [7, 11) is 1.64. The molecule has 0 bridgehead atoms. The fraction of sp³-hybridized carbons (Fsp3) is 0.611. The maximum Gasteiger partial charge on any atom is 0.226 e. The third kappa shape index (κ3) is 5.56. The van der Waals surface area contributed by atoms with E-state index in [2.05, 4.69) is 24.5 Å². The van der Waals surface area contributed by atoms with Gasteiger partial charge < -0.3 is 20.1 Å². The second-order valence-electron chi connectivity index (χ2n) is 6.53. The number of nitrogens with one attached hydrogen (secondary N) is 2. The number of hydrogen-bond acceptors (Lipinski definition) is 4. The minimum atomic E-state index is -0.0540. The van der Waals surface area contributed by atoms with Gasteiger partial charge in [-0.2, -0.15) is 0 Å². The molecule has 1 aromatic rings. The zero-order valence-electron chi connectivity index (χ0n) is 14.9. The van der Waals surface area contributed by atoms with Gasteiger partial charge in [0.05, 0.1) is 25.7 Å². The van der Waals surface area contributed by atoms with Gasteiger partial charge in [-0.05, 0) is 37.0 Å². The Labute approximate surface area is 150 Å². The smallest absolute Gasteiger partial charge is 0.226 e. The van der Waals surface area contributed by atoms with Crippen molar-refractivity contribution in [2.24, 2.45) is 11.8 Å². The second kappa shape index (κ2) is 9.74. The first-order valence-electron chi connectivity index (χ1n) is 8.33. The predicted molar refractivity (Wildman–Crippen MR) is 98.1 cm³/mol. The SMILES string of the molecule is COc1cc(C(C)NC(=O)C2CNC2)ccc1OCCC(C)C.Cl. The van der Waals surface area contributed by atoms with Crippen molar-refractivity contribution in [3.8, 4) is 11.5 Å². The van der Waals surface area contributed by atoms with Gasteiger partial charge in [-0.25, -0.2) is 0 Å². The van der Waals surface area contributed by atoms with Crippen LogP contribution in [-0.4, -0.2) is 32.7 Å². The van der Waals surface area contributed by atoms with E-state index in [1.165, 1.54) is 0 Å². The van der Waals surface area contributed by atoms with E-state index in [0.717, 1.165) is 30.8 Å². The van der Waals surface area contributed by atoms with Crippen LogP contribution in [0.15, 0.2) is 18.2 Å². The van der Waals surface area contributed by atoms with Crippen LogP contribution in [0, 0.1) is 11.8 Å². The molecule has 6 heteroatoms. The summed E-state index contributed by atoms with van der Waals surface area (Å²) in [6.45, 7) is 8.54. The number of rotatable bonds is 8. The van der Waals surface area contributed by atoms with Gasteiger partial charge in [0.2, 0.25) is 5.91 Å². The molecule has 2 N–H and O–H groups in total. The number of benzene rings is 1. The molecule has 1 aliphatic heterocycles.